The van der Waals surface area contributed by atoms with Crippen molar-refractivity contribution < 1.29 is 19.2 Å². The Hall–Kier alpha value is -3.09. The van der Waals surface area contributed by atoms with Crippen LogP contribution in [0, 0.1) is 0 Å². The van der Waals surface area contributed by atoms with Gasteiger partial charge < -0.3 is 25.8 Å². The van der Waals surface area contributed by atoms with Crippen molar-refractivity contribution in [2.24, 2.45) is 0 Å². The van der Waals surface area contributed by atoms with Crippen molar-refractivity contribution in [3.63, 3.8) is 0 Å². The van der Waals surface area contributed by atoms with Crippen molar-refractivity contribution in [3.05, 3.63) is 38.9 Å². The van der Waals surface area contributed by atoms with Gasteiger partial charge in [0.2, 0.25) is 5.91 Å². The van der Waals surface area contributed by atoms with E-state index in [0.29, 0.717) is 10.0 Å². The number of halogens is 1. The summed E-state index contributed by atoms with van der Waals surface area (Å²) >= 11 is 7.09. The smallest absolute Gasteiger partial charge is 0.314 e. The van der Waals surface area contributed by atoms with E-state index in [-0.39, 0.29) is 24.8 Å². The first-order chi connectivity index (χ1) is 16.1. The zero-order valence-electron chi connectivity index (χ0n) is 19.1. The summed E-state index contributed by atoms with van der Waals surface area (Å²) < 4.78 is 0. The number of carbonyl (C=O) groups is 4. The summed E-state index contributed by atoms with van der Waals surface area (Å²) in [4.78, 5) is 62.0. The van der Waals surface area contributed by atoms with Gasteiger partial charge in [-0.3, -0.25) is 19.2 Å². The molecule has 0 spiro atoms. The minimum absolute atomic E-state index is 0.0719. The second-order valence-electron chi connectivity index (χ2n) is 7.97. The van der Waals surface area contributed by atoms with Gasteiger partial charge in [-0.2, -0.15) is 0 Å². The van der Waals surface area contributed by atoms with Crippen molar-refractivity contribution in [3.8, 4) is 0 Å². The van der Waals surface area contributed by atoms with Gasteiger partial charge in [0.25, 0.3) is 5.91 Å². The molecule has 0 bridgehead atoms. The lowest BCUT2D eigenvalue weighted by Gasteiger charge is -2.24. The lowest BCUT2D eigenvalue weighted by molar-refractivity contribution is -0.136. The van der Waals surface area contributed by atoms with Crippen molar-refractivity contribution >= 4 is 52.4 Å². The lowest BCUT2D eigenvalue weighted by atomic mass is 10.2. The van der Waals surface area contributed by atoms with Crippen LogP contribution in [0.3, 0.4) is 0 Å². The standard InChI is InChI=1S/C21H26ClN7O4S/c1-12(30)29(3)10-14(9-24-18(31)19(32)27-17-5-4-13(22)8-23-17)25-20(33)21-26-15-6-7-28(2)11-16(15)34-21/h4-5,8,14H,6-7,9-11H2,1-3H3,(H,24,31)(H,25,33)(H,23,27,32)/t14-/m0/s1. The molecule has 0 aromatic carbocycles. The summed E-state index contributed by atoms with van der Waals surface area (Å²) in [5.41, 5.74) is 0.923. The molecule has 1 atom stereocenters. The van der Waals surface area contributed by atoms with Gasteiger partial charge in [0.1, 0.15) is 5.82 Å². The Labute approximate surface area is 205 Å². The highest BCUT2D eigenvalue weighted by molar-refractivity contribution is 7.13. The Morgan fingerprint density at radius 3 is 2.71 bits per heavy atom. The summed E-state index contributed by atoms with van der Waals surface area (Å²) in [5, 5.41) is 8.39. The minimum Gasteiger partial charge on any atom is -0.346 e. The molecule has 34 heavy (non-hydrogen) atoms. The largest absolute Gasteiger partial charge is 0.346 e. The second kappa shape index (κ2) is 11.4. The molecule has 0 unspecified atom stereocenters. The molecule has 0 saturated carbocycles. The highest BCUT2D eigenvalue weighted by Gasteiger charge is 2.25. The molecule has 13 heteroatoms. The monoisotopic (exact) mass is 507 g/mol. The molecule has 0 aliphatic carbocycles. The molecule has 4 amide bonds. The Balaban J connectivity index is 1.61. The minimum atomic E-state index is -0.920. The third-order valence-electron chi connectivity index (χ3n) is 5.17. The van der Waals surface area contributed by atoms with Gasteiger partial charge >= 0.3 is 11.8 Å². The number of fused-ring (bicyclic) bond motifs is 1. The van der Waals surface area contributed by atoms with Gasteiger partial charge in [-0.15, -0.1) is 11.3 Å². The van der Waals surface area contributed by atoms with E-state index in [4.69, 9.17) is 11.6 Å². The van der Waals surface area contributed by atoms with Crippen LogP contribution in [0.5, 0.6) is 0 Å². The quantitative estimate of drug-likeness (QED) is 0.464. The maximum Gasteiger partial charge on any atom is 0.314 e. The molecule has 11 nitrogen and oxygen atoms in total. The first-order valence-electron chi connectivity index (χ1n) is 10.5. The number of hydrogen-bond acceptors (Lipinski definition) is 8. The number of aromatic nitrogens is 2. The fourth-order valence-corrected chi connectivity index (χ4v) is 4.41. The molecule has 0 fully saturated rings. The topological polar surface area (TPSA) is 137 Å². The van der Waals surface area contributed by atoms with Gasteiger partial charge in [-0.05, 0) is 19.2 Å². The van der Waals surface area contributed by atoms with Crippen LogP contribution in [-0.4, -0.2) is 83.2 Å². The average molecular weight is 508 g/mol. The summed E-state index contributed by atoms with van der Waals surface area (Å²) in [5.74, 6) is -2.26. The predicted molar refractivity (Wildman–Crippen MR) is 128 cm³/mol. The Morgan fingerprint density at radius 1 is 1.26 bits per heavy atom. The van der Waals surface area contributed by atoms with Crippen molar-refractivity contribution in [1.29, 1.82) is 0 Å². The van der Waals surface area contributed by atoms with E-state index in [1.807, 2.05) is 7.05 Å². The average Bonchev–Trinajstić information content (AvgIpc) is 3.22. The molecule has 2 aromatic rings. The van der Waals surface area contributed by atoms with Gasteiger partial charge in [0, 0.05) is 57.6 Å². The molecule has 3 N–H and O–H groups in total. The van der Waals surface area contributed by atoms with Crippen LogP contribution in [-0.2, 0) is 27.3 Å². The Bertz CT molecular complexity index is 1080. The summed E-state index contributed by atoms with van der Waals surface area (Å²) in [6, 6.07) is 2.35. The second-order valence-corrected chi connectivity index (χ2v) is 9.49. The fourth-order valence-electron chi connectivity index (χ4n) is 3.21. The van der Waals surface area contributed by atoms with E-state index in [2.05, 4.69) is 30.8 Å². The maximum absolute atomic E-state index is 12.9. The molecule has 182 valence electrons. The first kappa shape index (κ1) is 25.5. The fraction of sp³-hybridized carbons (Fsp3) is 0.429. The molecular formula is C21H26ClN7O4S. The van der Waals surface area contributed by atoms with Crippen LogP contribution in [0.2, 0.25) is 5.02 Å². The van der Waals surface area contributed by atoms with E-state index in [1.54, 1.807) is 7.05 Å². The Morgan fingerprint density at radius 2 is 2.03 bits per heavy atom. The highest BCUT2D eigenvalue weighted by atomic mass is 35.5. The molecule has 2 aromatic heterocycles. The number of anilines is 1. The first-order valence-corrected chi connectivity index (χ1v) is 11.7. The number of thiazole rings is 1. The van der Waals surface area contributed by atoms with Gasteiger partial charge in [-0.1, -0.05) is 11.6 Å². The molecule has 3 heterocycles. The summed E-state index contributed by atoms with van der Waals surface area (Å²) in [7, 11) is 3.60. The Kier molecular flexibility index (Phi) is 8.53. The normalized spacial score (nSPS) is 14.0. The molecular weight excluding hydrogens is 482 g/mol. The van der Waals surface area contributed by atoms with Crippen LogP contribution >= 0.6 is 22.9 Å². The number of hydrogen-bond donors (Lipinski definition) is 3. The van der Waals surface area contributed by atoms with Crippen LogP contribution in [0.4, 0.5) is 5.82 Å². The van der Waals surface area contributed by atoms with Crippen LogP contribution in [0.1, 0.15) is 27.3 Å². The van der Waals surface area contributed by atoms with E-state index in [9.17, 15) is 19.2 Å². The third kappa shape index (κ3) is 6.95. The number of nitrogens with zero attached hydrogens (tertiary/aromatic N) is 4. The van der Waals surface area contributed by atoms with Crippen LogP contribution in [0.15, 0.2) is 18.3 Å². The van der Waals surface area contributed by atoms with E-state index < -0.39 is 23.8 Å². The number of pyridine rings is 1. The number of carbonyl (C=O) groups excluding carboxylic acids is 4. The van der Waals surface area contributed by atoms with Crippen LogP contribution < -0.4 is 16.0 Å². The molecule has 1 aliphatic rings. The van der Waals surface area contributed by atoms with Crippen molar-refractivity contribution in [2.75, 3.05) is 39.0 Å². The van der Waals surface area contributed by atoms with E-state index in [1.165, 1.54) is 41.5 Å². The highest BCUT2D eigenvalue weighted by Crippen LogP contribution is 2.24. The lowest BCUT2D eigenvalue weighted by Crippen LogP contribution is -2.51. The number of nitrogens with one attached hydrogen (secondary N) is 3. The number of likely N-dealkylation sites (N-methyl/N-ethyl adjacent to an activating group) is 2. The van der Waals surface area contributed by atoms with Crippen LogP contribution in [0.25, 0.3) is 0 Å². The zero-order chi connectivity index (χ0) is 24.8. The van der Waals surface area contributed by atoms with Gasteiger partial charge in [0.15, 0.2) is 5.01 Å². The van der Waals surface area contributed by atoms with Gasteiger partial charge in [0.05, 0.1) is 16.8 Å². The van der Waals surface area contributed by atoms with E-state index >= 15 is 0 Å². The summed E-state index contributed by atoms with van der Waals surface area (Å²) in [6.07, 6.45) is 2.12. The third-order valence-corrected chi connectivity index (χ3v) is 6.47. The molecule has 1 aliphatic heterocycles. The SMILES string of the molecule is CC(=O)N(C)C[C@H](CNC(=O)C(=O)Nc1ccc(Cl)cn1)NC(=O)c1nc2c(s1)CN(C)CC2. The van der Waals surface area contributed by atoms with Crippen molar-refractivity contribution in [1.82, 2.24) is 30.4 Å². The van der Waals surface area contributed by atoms with E-state index in [0.717, 1.165) is 30.1 Å². The molecule has 0 radical (unpaired) electrons. The number of amides is 4. The molecule has 0 saturated heterocycles. The molecule has 3 rings (SSSR count). The zero-order valence-corrected chi connectivity index (χ0v) is 20.6. The number of rotatable bonds is 7. The predicted octanol–water partition coefficient (Wildman–Crippen LogP) is 0.511. The maximum atomic E-state index is 12.9. The van der Waals surface area contributed by atoms with Crippen molar-refractivity contribution in [2.45, 2.75) is 25.9 Å². The summed E-state index contributed by atoms with van der Waals surface area (Å²) in [6.45, 7) is 3.08. The van der Waals surface area contributed by atoms with Gasteiger partial charge in [-0.25, -0.2) is 9.97 Å².